The predicted molar refractivity (Wildman–Crippen MR) is 72.4 cm³/mol. The maximum atomic E-state index is 11.9. The molecule has 0 radical (unpaired) electrons. The van der Waals surface area contributed by atoms with Crippen molar-refractivity contribution in [3.63, 3.8) is 0 Å². The summed E-state index contributed by atoms with van der Waals surface area (Å²) in [7, 11) is -3.41. The van der Waals surface area contributed by atoms with Gasteiger partial charge in [0, 0.05) is 13.2 Å². The van der Waals surface area contributed by atoms with Crippen molar-refractivity contribution in [2.24, 2.45) is 0 Å². The van der Waals surface area contributed by atoms with Crippen LogP contribution in [-0.4, -0.2) is 59.5 Å². The number of rotatable bonds is 7. The molecule has 1 fully saturated rings. The van der Waals surface area contributed by atoms with Gasteiger partial charge in [-0.2, -0.15) is 0 Å². The molecule has 0 bridgehead atoms. The van der Waals surface area contributed by atoms with Crippen LogP contribution in [0.4, 0.5) is 0 Å². The Labute approximate surface area is 122 Å². The zero-order valence-corrected chi connectivity index (χ0v) is 12.3. The quantitative estimate of drug-likeness (QED) is 0.692. The van der Waals surface area contributed by atoms with Crippen LogP contribution in [0.2, 0.25) is 0 Å². The van der Waals surface area contributed by atoms with Crippen molar-refractivity contribution in [3.05, 3.63) is 11.9 Å². The molecule has 1 aliphatic heterocycles. The normalized spacial score (nSPS) is 19.5. The minimum Gasteiger partial charge on any atom is -0.476 e. The summed E-state index contributed by atoms with van der Waals surface area (Å²) in [6, 6.07) is 0. The van der Waals surface area contributed by atoms with E-state index in [0.717, 1.165) is 19.3 Å². The Morgan fingerprint density at radius 1 is 1.52 bits per heavy atom. The number of carbonyl (C=O) groups is 1. The van der Waals surface area contributed by atoms with Crippen LogP contribution in [0.3, 0.4) is 0 Å². The van der Waals surface area contributed by atoms with Gasteiger partial charge in [0.1, 0.15) is 0 Å². The second-order valence-electron chi connectivity index (χ2n) is 4.84. The molecule has 1 aromatic rings. The second-order valence-corrected chi connectivity index (χ2v) is 6.69. The van der Waals surface area contributed by atoms with Gasteiger partial charge in [0.15, 0.2) is 5.69 Å². The van der Waals surface area contributed by atoms with E-state index in [1.807, 2.05) is 0 Å². The Kier molecular flexibility index (Phi) is 5.26. The molecule has 21 heavy (non-hydrogen) atoms. The highest BCUT2D eigenvalue weighted by atomic mass is 32.2. The fraction of sp³-hybridized carbons (Fsp3) is 0.727. The van der Waals surface area contributed by atoms with Crippen molar-refractivity contribution in [1.82, 2.24) is 19.7 Å². The monoisotopic (exact) mass is 318 g/mol. The van der Waals surface area contributed by atoms with Gasteiger partial charge in [0.05, 0.1) is 24.6 Å². The molecular formula is C11H18N4O5S. The SMILES string of the molecule is O=C(O)c1cn(CCNS(=O)(=O)CC2CCCCO2)nn1. The molecule has 2 rings (SSSR count). The van der Waals surface area contributed by atoms with Crippen molar-refractivity contribution in [3.8, 4) is 0 Å². The summed E-state index contributed by atoms with van der Waals surface area (Å²) in [5.74, 6) is -1.22. The number of sulfonamides is 1. The van der Waals surface area contributed by atoms with E-state index >= 15 is 0 Å². The fourth-order valence-electron chi connectivity index (χ4n) is 2.06. The third-order valence-electron chi connectivity index (χ3n) is 3.10. The van der Waals surface area contributed by atoms with E-state index in [0.29, 0.717) is 6.61 Å². The van der Waals surface area contributed by atoms with Gasteiger partial charge in [0.25, 0.3) is 0 Å². The molecule has 9 nitrogen and oxygen atoms in total. The summed E-state index contributed by atoms with van der Waals surface area (Å²) in [5.41, 5.74) is -0.173. The second kappa shape index (κ2) is 6.96. The molecule has 2 N–H and O–H groups in total. The molecule has 1 atom stereocenters. The topological polar surface area (TPSA) is 123 Å². The summed E-state index contributed by atoms with van der Waals surface area (Å²) in [6.07, 6.45) is 3.72. The fourth-order valence-corrected chi connectivity index (χ4v) is 3.34. The molecule has 1 aliphatic rings. The number of aromatic carboxylic acids is 1. The molecule has 2 heterocycles. The lowest BCUT2D eigenvalue weighted by Gasteiger charge is -2.22. The van der Waals surface area contributed by atoms with Crippen LogP contribution in [0.15, 0.2) is 6.20 Å². The van der Waals surface area contributed by atoms with Crippen molar-refractivity contribution >= 4 is 16.0 Å². The largest absolute Gasteiger partial charge is 0.476 e. The van der Waals surface area contributed by atoms with E-state index in [1.54, 1.807) is 0 Å². The van der Waals surface area contributed by atoms with Gasteiger partial charge in [-0.25, -0.2) is 17.9 Å². The molecule has 0 spiro atoms. The molecule has 1 saturated heterocycles. The van der Waals surface area contributed by atoms with Gasteiger partial charge in [-0.05, 0) is 19.3 Å². The van der Waals surface area contributed by atoms with Gasteiger partial charge < -0.3 is 9.84 Å². The number of nitrogens with one attached hydrogen (secondary N) is 1. The van der Waals surface area contributed by atoms with Gasteiger partial charge in [-0.3, -0.25) is 4.68 Å². The molecule has 0 aliphatic carbocycles. The Hall–Kier alpha value is -1.52. The Morgan fingerprint density at radius 2 is 2.33 bits per heavy atom. The molecule has 118 valence electrons. The molecule has 0 amide bonds. The van der Waals surface area contributed by atoms with Gasteiger partial charge in [-0.1, -0.05) is 5.21 Å². The van der Waals surface area contributed by atoms with Crippen LogP contribution in [-0.2, 0) is 21.3 Å². The first kappa shape index (κ1) is 15.9. The molecule has 0 saturated carbocycles. The highest BCUT2D eigenvalue weighted by molar-refractivity contribution is 7.89. The van der Waals surface area contributed by atoms with Crippen LogP contribution < -0.4 is 4.72 Å². The molecular weight excluding hydrogens is 300 g/mol. The van der Waals surface area contributed by atoms with Crippen LogP contribution in [0.1, 0.15) is 29.8 Å². The Balaban J connectivity index is 1.76. The van der Waals surface area contributed by atoms with Gasteiger partial charge >= 0.3 is 5.97 Å². The summed E-state index contributed by atoms with van der Waals surface area (Å²) in [4.78, 5) is 10.6. The minimum atomic E-state index is -3.41. The number of ether oxygens (including phenoxy) is 1. The molecule has 1 aromatic heterocycles. The first-order chi connectivity index (χ1) is 9.96. The zero-order valence-electron chi connectivity index (χ0n) is 11.4. The summed E-state index contributed by atoms with van der Waals surface area (Å²) in [6.45, 7) is 0.944. The van der Waals surface area contributed by atoms with Crippen LogP contribution >= 0.6 is 0 Å². The van der Waals surface area contributed by atoms with E-state index in [9.17, 15) is 13.2 Å². The predicted octanol–water partition coefficient (Wildman–Crippen LogP) is -0.535. The standard InChI is InChI=1S/C11H18N4O5S/c16-11(17)10-7-15(14-13-10)5-4-12-21(18,19)8-9-3-1-2-6-20-9/h7,9,12H,1-6,8H2,(H,16,17). The van der Waals surface area contributed by atoms with Crippen molar-refractivity contribution in [1.29, 1.82) is 0 Å². The molecule has 1 unspecified atom stereocenters. The Morgan fingerprint density at radius 3 is 2.95 bits per heavy atom. The number of carboxylic acid groups (broad SMARTS) is 1. The van der Waals surface area contributed by atoms with E-state index in [1.165, 1.54) is 10.9 Å². The minimum absolute atomic E-state index is 0.0509. The van der Waals surface area contributed by atoms with E-state index in [2.05, 4.69) is 15.0 Å². The number of hydrogen-bond acceptors (Lipinski definition) is 6. The lowest BCUT2D eigenvalue weighted by atomic mass is 10.1. The molecule has 10 heteroatoms. The molecule has 0 aromatic carbocycles. The third kappa shape index (κ3) is 5.06. The highest BCUT2D eigenvalue weighted by Crippen LogP contribution is 2.13. The highest BCUT2D eigenvalue weighted by Gasteiger charge is 2.21. The summed E-state index contributed by atoms with van der Waals surface area (Å²) in [5, 5.41) is 15.7. The van der Waals surface area contributed by atoms with E-state index in [-0.39, 0.29) is 30.6 Å². The summed E-state index contributed by atoms with van der Waals surface area (Å²) >= 11 is 0. The Bertz CT molecular complexity index is 579. The van der Waals surface area contributed by atoms with Crippen molar-refractivity contribution in [2.45, 2.75) is 31.9 Å². The number of aromatic nitrogens is 3. The average Bonchev–Trinajstić information content (AvgIpc) is 2.88. The third-order valence-corrected chi connectivity index (χ3v) is 4.55. The maximum Gasteiger partial charge on any atom is 0.358 e. The lowest BCUT2D eigenvalue weighted by molar-refractivity contribution is 0.0304. The van der Waals surface area contributed by atoms with Crippen LogP contribution in [0.5, 0.6) is 0 Å². The number of carboxylic acids is 1. The maximum absolute atomic E-state index is 11.9. The van der Waals surface area contributed by atoms with Gasteiger partial charge in [0.2, 0.25) is 10.0 Å². The van der Waals surface area contributed by atoms with Crippen molar-refractivity contribution < 1.29 is 23.1 Å². The first-order valence-corrected chi connectivity index (χ1v) is 8.34. The zero-order chi connectivity index (χ0) is 15.3. The number of nitrogens with zero attached hydrogens (tertiary/aromatic N) is 3. The van der Waals surface area contributed by atoms with Crippen molar-refractivity contribution in [2.75, 3.05) is 18.9 Å². The van der Waals surface area contributed by atoms with Gasteiger partial charge in [-0.15, -0.1) is 5.10 Å². The van der Waals surface area contributed by atoms with E-state index in [4.69, 9.17) is 9.84 Å². The van der Waals surface area contributed by atoms with E-state index < -0.39 is 16.0 Å². The smallest absolute Gasteiger partial charge is 0.358 e. The van der Waals surface area contributed by atoms with Crippen LogP contribution in [0, 0.1) is 0 Å². The first-order valence-electron chi connectivity index (χ1n) is 6.68. The lowest BCUT2D eigenvalue weighted by Crippen LogP contribution is -2.36. The summed E-state index contributed by atoms with van der Waals surface area (Å²) < 4.78 is 32.9. The number of hydrogen-bond donors (Lipinski definition) is 2. The average molecular weight is 318 g/mol. The van der Waals surface area contributed by atoms with Crippen LogP contribution in [0.25, 0.3) is 0 Å².